The fourth-order valence-electron chi connectivity index (χ4n) is 4.58. The standard InChI is InChI=1S/C25H32N4O/c1-2-3-6-15-27-19-22-7-4-5-8-24(22)29(25(30)20-27)18-21-11-16-28(17-12-21)23-9-13-26-14-10-23/h2-5,7-10,13-14,21H,6,11-12,15-20H2,1H3/b3-2-. The van der Waals surface area contributed by atoms with Crippen LogP contribution in [0.3, 0.4) is 0 Å². The van der Waals surface area contributed by atoms with Gasteiger partial charge in [-0.3, -0.25) is 14.7 Å². The van der Waals surface area contributed by atoms with E-state index in [9.17, 15) is 4.79 Å². The van der Waals surface area contributed by atoms with Crippen LogP contribution < -0.4 is 9.80 Å². The van der Waals surface area contributed by atoms with Gasteiger partial charge in [0.1, 0.15) is 0 Å². The maximum Gasteiger partial charge on any atom is 0.241 e. The summed E-state index contributed by atoms with van der Waals surface area (Å²) in [5.74, 6) is 0.770. The number of pyridine rings is 1. The molecular formula is C25H32N4O. The number of amides is 1. The highest BCUT2D eigenvalue weighted by atomic mass is 16.2. The van der Waals surface area contributed by atoms with Crippen molar-refractivity contribution in [2.45, 2.75) is 32.7 Å². The van der Waals surface area contributed by atoms with Crippen LogP contribution in [0.25, 0.3) is 0 Å². The maximum absolute atomic E-state index is 13.2. The van der Waals surface area contributed by atoms with Crippen molar-refractivity contribution in [2.75, 3.05) is 42.5 Å². The van der Waals surface area contributed by atoms with Gasteiger partial charge in [-0.2, -0.15) is 0 Å². The smallest absolute Gasteiger partial charge is 0.241 e. The zero-order chi connectivity index (χ0) is 20.8. The molecule has 1 aromatic heterocycles. The van der Waals surface area contributed by atoms with Crippen LogP contribution in [0, 0.1) is 5.92 Å². The molecule has 1 saturated heterocycles. The third-order valence-electron chi connectivity index (χ3n) is 6.27. The lowest BCUT2D eigenvalue weighted by Gasteiger charge is -2.36. The van der Waals surface area contributed by atoms with Crippen LogP contribution in [0.4, 0.5) is 11.4 Å². The number of anilines is 2. The van der Waals surface area contributed by atoms with Gasteiger partial charge in [0.05, 0.1) is 6.54 Å². The van der Waals surface area contributed by atoms with Gasteiger partial charge in [-0.05, 0) is 55.9 Å². The van der Waals surface area contributed by atoms with E-state index in [0.717, 1.165) is 57.7 Å². The zero-order valence-corrected chi connectivity index (χ0v) is 17.9. The molecule has 0 N–H and O–H groups in total. The van der Waals surface area contributed by atoms with E-state index in [-0.39, 0.29) is 5.91 Å². The monoisotopic (exact) mass is 404 g/mol. The number of carbonyl (C=O) groups is 1. The van der Waals surface area contributed by atoms with E-state index in [1.807, 2.05) is 19.3 Å². The quantitative estimate of drug-likeness (QED) is 0.679. The number of hydrogen-bond donors (Lipinski definition) is 0. The normalized spacial score (nSPS) is 18.6. The molecule has 1 aromatic carbocycles. The minimum atomic E-state index is 0.233. The molecule has 0 radical (unpaired) electrons. The number of fused-ring (bicyclic) bond motifs is 1. The van der Waals surface area contributed by atoms with Crippen molar-refractivity contribution < 1.29 is 4.79 Å². The number of hydrogen-bond acceptors (Lipinski definition) is 4. The Hall–Kier alpha value is -2.66. The number of carbonyl (C=O) groups excluding carboxylic acids is 1. The van der Waals surface area contributed by atoms with Gasteiger partial charge in [-0.25, -0.2) is 0 Å². The van der Waals surface area contributed by atoms with Crippen LogP contribution in [-0.4, -0.2) is 48.5 Å². The summed E-state index contributed by atoms with van der Waals surface area (Å²) in [7, 11) is 0. The fraction of sp³-hybridized carbons (Fsp3) is 0.440. The second-order valence-electron chi connectivity index (χ2n) is 8.34. The number of para-hydroxylation sites is 1. The molecule has 5 nitrogen and oxygen atoms in total. The number of allylic oxidation sites excluding steroid dienone is 1. The average molecular weight is 405 g/mol. The molecule has 0 spiro atoms. The number of piperidine rings is 1. The number of benzene rings is 1. The molecule has 1 amide bonds. The van der Waals surface area contributed by atoms with Crippen molar-refractivity contribution in [3.63, 3.8) is 0 Å². The first kappa shape index (κ1) is 20.6. The van der Waals surface area contributed by atoms with Gasteiger partial charge >= 0.3 is 0 Å². The Morgan fingerprint density at radius 3 is 2.60 bits per heavy atom. The summed E-state index contributed by atoms with van der Waals surface area (Å²) in [5.41, 5.74) is 3.61. The second-order valence-corrected chi connectivity index (χ2v) is 8.34. The van der Waals surface area contributed by atoms with E-state index in [1.54, 1.807) is 0 Å². The summed E-state index contributed by atoms with van der Waals surface area (Å²) in [4.78, 5) is 24.1. The second kappa shape index (κ2) is 9.90. The van der Waals surface area contributed by atoms with E-state index in [1.165, 1.54) is 11.3 Å². The molecule has 2 aliphatic rings. The van der Waals surface area contributed by atoms with E-state index in [0.29, 0.717) is 12.5 Å². The third kappa shape index (κ3) is 4.90. The SMILES string of the molecule is C/C=C\CCN1CC(=O)N(CC2CCN(c3ccncc3)CC2)c2ccccc2C1. The van der Waals surface area contributed by atoms with Gasteiger partial charge in [-0.1, -0.05) is 30.4 Å². The van der Waals surface area contributed by atoms with E-state index < -0.39 is 0 Å². The Morgan fingerprint density at radius 2 is 1.83 bits per heavy atom. The Morgan fingerprint density at radius 1 is 1.07 bits per heavy atom. The van der Waals surface area contributed by atoms with E-state index in [2.05, 4.69) is 68.2 Å². The van der Waals surface area contributed by atoms with Crippen molar-refractivity contribution in [2.24, 2.45) is 5.92 Å². The fourth-order valence-corrected chi connectivity index (χ4v) is 4.58. The van der Waals surface area contributed by atoms with Gasteiger partial charge in [0.15, 0.2) is 0 Å². The molecule has 3 heterocycles. The summed E-state index contributed by atoms with van der Waals surface area (Å²) < 4.78 is 0. The van der Waals surface area contributed by atoms with Crippen LogP contribution >= 0.6 is 0 Å². The Balaban J connectivity index is 1.43. The van der Waals surface area contributed by atoms with Crippen molar-refractivity contribution in [3.8, 4) is 0 Å². The highest BCUT2D eigenvalue weighted by molar-refractivity contribution is 5.96. The molecule has 0 bridgehead atoms. The van der Waals surface area contributed by atoms with Crippen molar-refractivity contribution in [1.82, 2.24) is 9.88 Å². The van der Waals surface area contributed by atoms with E-state index in [4.69, 9.17) is 0 Å². The van der Waals surface area contributed by atoms with Gasteiger partial charge in [-0.15, -0.1) is 0 Å². The highest BCUT2D eigenvalue weighted by Crippen LogP contribution is 2.29. The van der Waals surface area contributed by atoms with Crippen LogP contribution in [0.1, 0.15) is 31.7 Å². The van der Waals surface area contributed by atoms with Crippen LogP contribution in [0.5, 0.6) is 0 Å². The predicted octanol–water partition coefficient (Wildman–Crippen LogP) is 4.11. The largest absolute Gasteiger partial charge is 0.371 e. The van der Waals surface area contributed by atoms with Crippen molar-refractivity contribution in [1.29, 1.82) is 0 Å². The summed E-state index contributed by atoms with van der Waals surface area (Å²) >= 11 is 0. The highest BCUT2D eigenvalue weighted by Gasteiger charge is 2.29. The molecule has 1 fully saturated rings. The third-order valence-corrected chi connectivity index (χ3v) is 6.27. The summed E-state index contributed by atoms with van der Waals surface area (Å²) in [6.07, 6.45) is 11.2. The Labute approximate surface area is 180 Å². The lowest BCUT2D eigenvalue weighted by atomic mass is 9.95. The van der Waals surface area contributed by atoms with Gasteiger partial charge in [0, 0.05) is 56.5 Å². The molecule has 0 atom stereocenters. The van der Waals surface area contributed by atoms with Crippen LogP contribution in [0.2, 0.25) is 0 Å². The van der Waals surface area contributed by atoms with E-state index >= 15 is 0 Å². The maximum atomic E-state index is 13.2. The number of aromatic nitrogens is 1. The zero-order valence-electron chi connectivity index (χ0n) is 17.9. The summed E-state index contributed by atoms with van der Waals surface area (Å²) in [6, 6.07) is 12.6. The Kier molecular flexibility index (Phi) is 6.80. The first-order valence-electron chi connectivity index (χ1n) is 11.1. The number of nitrogens with zero attached hydrogens (tertiary/aromatic N) is 4. The summed E-state index contributed by atoms with van der Waals surface area (Å²) in [6.45, 7) is 7.20. The molecule has 2 aromatic rings. The Bertz CT molecular complexity index is 858. The molecule has 158 valence electrons. The molecular weight excluding hydrogens is 372 g/mol. The molecule has 5 heteroatoms. The minimum absolute atomic E-state index is 0.233. The van der Waals surface area contributed by atoms with Crippen LogP contribution in [-0.2, 0) is 11.3 Å². The molecule has 0 unspecified atom stereocenters. The first-order chi connectivity index (χ1) is 14.7. The van der Waals surface area contributed by atoms with Gasteiger partial charge in [0.25, 0.3) is 0 Å². The van der Waals surface area contributed by atoms with Gasteiger partial charge < -0.3 is 9.80 Å². The minimum Gasteiger partial charge on any atom is -0.371 e. The molecule has 4 rings (SSSR count). The molecule has 2 aliphatic heterocycles. The molecule has 0 saturated carbocycles. The lowest BCUT2D eigenvalue weighted by molar-refractivity contribution is -0.119. The van der Waals surface area contributed by atoms with Crippen molar-refractivity contribution >= 4 is 17.3 Å². The van der Waals surface area contributed by atoms with Crippen LogP contribution in [0.15, 0.2) is 60.9 Å². The van der Waals surface area contributed by atoms with Crippen molar-refractivity contribution in [3.05, 3.63) is 66.5 Å². The van der Waals surface area contributed by atoms with Gasteiger partial charge in [0.2, 0.25) is 5.91 Å². The molecule has 30 heavy (non-hydrogen) atoms. The topological polar surface area (TPSA) is 39.7 Å². The lowest BCUT2D eigenvalue weighted by Crippen LogP contribution is -2.43. The summed E-state index contributed by atoms with van der Waals surface area (Å²) in [5, 5.41) is 0. The predicted molar refractivity (Wildman–Crippen MR) is 123 cm³/mol. The average Bonchev–Trinajstić information content (AvgIpc) is 2.91. The first-order valence-corrected chi connectivity index (χ1v) is 11.1. The number of rotatable bonds is 6. The molecule has 0 aliphatic carbocycles.